The number of benzene rings is 1. The van der Waals surface area contributed by atoms with Crippen LogP contribution in [-0.2, 0) is 22.6 Å². The molecule has 0 aromatic heterocycles. The van der Waals surface area contributed by atoms with Gasteiger partial charge in [0, 0.05) is 32.7 Å². The van der Waals surface area contributed by atoms with Crippen molar-refractivity contribution >= 4 is 5.91 Å². The molecule has 2 unspecified atom stereocenters. The van der Waals surface area contributed by atoms with Gasteiger partial charge in [0.2, 0.25) is 5.91 Å². The van der Waals surface area contributed by atoms with Crippen molar-refractivity contribution in [2.45, 2.75) is 65.8 Å². The highest BCUT2D eigenvalue weighted by atomic mass is 16.5. The minimum absolute atomic E-state index is 0.0605. The smallest absolute Gasteiger partial charge is 0.227 e. The van der Waals surface area contributed by atoms with Gasteiger partial charge in [0.05, 0.1) is 17.6 Å². The highest BCUT2D eigenvalue weighted by Crippen LogP contribution is 2.25. The van der Waals surface area contributed by atoms with Gasteiger partial charge < -0.3 is 15.8 Å². The Bertz CT molecular complexity index is 551. The number of amides is 1. The molecule has 2 rings (SSSR count). The molecule has 0 aliphatic carbocycles. The quantitative estimate of drug-likeness (QED) is 0.747. The van der Waals surface area contributed by atoms with Gasteiger partial charge in [-0.05, 0) is 37.8 Å². The van der Waals surface area contributed by atoms with Crippen LogP contribution in [0.15, 0.2) is 24.3 Å². The van der Waals surface area contributed by atoms with E-state index in [0.29, 0.717) is 13.1 Å². The number of nitrogens with one attached hydrogen (secondary N) is 1. The first-order chi connectivity index (χ1) is 12.4. The van der Waals surface area contributed by atoms with E-state index >= 15 is 0 Å². The fraction of sp³-hybridized carbons (Fsp3) is 0.667. The third-order valence-corrected chi connectivity index (χ3v) is 5.60. The Morgan fingerprint density at radius 2 is 1.69 bits per heavy atom. The summed E-state index contributed by atoms with van der Waals surface area (Å²) in [6, 6.07) is 8.51. The summed E-state index contributed by atoms with van der Waals surface area (Å²) in [6.07, 6.45) is 2.10. The second kappa shape index (κ2) is 9.49. The molecule has 1 heterocycles. The van der Waals surface area contributed by atoms with Gasteiger partial charge in [-0.2, -0.15) is 0 Å². The van der Waals surface area contributed by atoms with Gasteiger partial charge in [-0.1, -0.05) is 38.1 Å². The van der Waals surface area contributed by atoms with Crippen molar-refractivity contribution in [3.8, 4) is 0 Å². The Morgan fingerprint density at radius 3 is 2.19 bits per heavy atom. The van der Waals surface area contributed by atoms with E-state index < -0.39 is 5.41 Å². The lowest BCUT2D eigenvalue weighted by atomic mass is 9.81. The van der Waals surface area contributed by atoms with Gasteiger partial charge >= 0.3 is 0 Å². The fourth-order valence-electron chi connectivity index (χ4n) is 3.76. The van der Waals surface area contributed by atoms with Crippen LogP contribution in [0.5, 0.6) is 0 Å². The van der Waals surface area contributed by atoms with Crippen molar-refractivity contribution in [1.82, 2.24) is 10.2 Å². The lowest BCUT2D eigenvalue weighted by Crippen LogP contribution is -2.45. The topological polar surface area (TPSA) is 67.6 Å². The van der Waals surface area contributed by atoms with Crippen LogP contribution >= 0.6 is 0 Å². The second-order valence-corrected chi connectivity index (χ2v) is 7.64. The van der Waals surface area contributed by atoms with Crippen molar-refractivity contribution in [2.24, 2.45) is 11.1 Å². The fourth-order valence-corrected chi connectivity index (χ4v) is 3.76. The number of carbonyl (C=O) groups excluding carboxylic acids is 1. The number of hydrogen-bond acceptors (Lipinski definition) is 4. The molecule has 1 aromatic rings. The second-order valence-electron chi connectivity index (χ2n) is 7.64. The van der Waals surface area contributed by atoms with Gasteiger partial charge in [0.1, 0.15) is 0 Å². The highest BCUT2D eigenvalue weighted by molar-refractivity contribution is 5.82. The molecular weight excluding hydrogens is 326 g/mol. The van der Waals surface area contributed by atoms with E-state index in [0.717, 1.165) is 38.0 Å². The van der Waals surface area contributed by atoms with Crippen molar-refractivity contribution in [2.75, 3.05) is 19.6 Å². The summed E-state index contributed by atoms with van der Waals surface area (Å²) in [6.45, 7) is 12.1. The zero-order valence-corrected chi connectivity index (χ0v) is 16.8. The first kappa shape index (κ1) is 20.9. The summed E-state index contributed by atoms with van der Waals surface area (Å²) in [4.78, 5) is 15.0. The SMILES string of the molecule is CCC(CC)(CN)C(=O)NCc1ccc(CN2CC(C)OC(C)C2)cc1. The number of hydrogen-bond donors (Lipinski definition) is 2. The monoisotopic (exact) mass is 361 g/mol. The van der Waals surface area contributed by atoms with E-state index in [9.17, 15) is 4.79 Å². The van der Waals surface area contributed by atoms with E-state index in [1.807, 2.05) is 13.8 Å². The van der Waals surface area contributed by atoms with Crippen LogP contribution in [-0.4, -0.2) is 42.6 Å². The Labute approximate surface area is 158 Å². The molecule has 1 aliphatic heterocycles. The molecule has 1 amide bonds. The molecule has 1 fully saturated rings. The average Bonchev–Trinajstić information content (AvgIpc) is 2.62. The van der Waals surface area contributed by atoms with Gasteiger partial charge in [-0.3, -0.25) is 9.69 Å². The predicted octanol–water partition coefficient (Wildman–Crippen LogP) is 2.68. The van der Waals surface area contributed by atoms with Crippen LogP contribution in [0.1, 0.15) is 51.7 Å². The molecule has 5 heteroatoms. The zero-order chi connectivity index (χ0) is 19.2. The zero-order valence-electron chi connectivity index (χ0n) is 16.8. The molecular formula is C21H35N3O2. The van der Waals surface area contributed by atoms with Crippen LogP contribution in [0, 0.1) is 5.41 Å². The molecule has 0 spiro atoms. The molecule has 146 valence electrons. The summed E-state index contributed by atoms with van der Waals surface area (Å²) in [7, 11) is 0. The van der Waals surface area contributed by atoms with Gasteiger partial charge in [0.25, 0.3) is 0 Å². The molecule has 0 bridgehead atoms. The molecule has 1 aliphatic rings. The van der Waals surface area contributed by atoms with Gasteiger partial charge in [-0.15, -0.1) is 0 Å². The Morgan fingerprint density at radius 1 is 1.15 bits per heavy atom. The lowest BCUT2D eigenvalue weighted by molar-refractivity contribution is -0.131. The largest absolute Gasteiger partial charge is 0.373 e. The molecule has 5 nitrogen and oxygen atoms in total. The third kappa shape index (κ3) is 5.29. The number of rotatable bonds is 8. The molecule has 2 atom stereocenters. The van der Waals surface area contributed by atoms with Crippen LogP contribution in [0.2, 0.25) is 0 Å². The number of nitrogens with zero attached hydrogens (tertiary/aromatic N) is 1. The van der Waals surface area contributed by atoms with Gasteiger partial charge in [-0.25, -0.2) is 0 Å². The summed E-state index contributed by atoms with van der Waals surface area (Å²) >= 11 is 0. The lowest BCUT2D eigenvalue weighted by Gasteiger charge is -2.35. The van der Waals surface area contributed by atoms with Crippen LogP contribution in [0.25, 0.3) is 0 Å². The third-order valence-electron chi connectivity index (χ3n) is 5.60. The van der Waals surface area contributed by atoms with E-state index in [4.69, 9.17) is 10.5 Å². The van der Waals surface area contributed by atoms with Crippen molar-refractivity contribution in [3.05, 3.63) is 35.4 Å². The van der Waals surface area contributed by atoms with Crippen molar-refractivity contribution in [3.63, 3.8) is 0 Å². The summed E-state index contributed by atoms with van der Waals surface area (Å²) in [5.74, 6) is 0.0605. The van der Waals surface area contributed by atoms with Crippen LogP contribution < -0.4 is 11.1 Å². The average molecular weight is 362 g/mol. The molecule has 0 radical (unpaired) electrons. The Balaban J connectivity index is 1.88. The van der Waals surface area contributed by atoms with Crippen LogP contribution in [0.4, 0.5) is 0 Å². The van der Waals surface area contributed by atoms with Crippen LogP contribution in [0.3, 0.4) is 0 Å². The van der Waals surface area contributed by atoms with E-state index in [-0.39, 0.29) is 18.1 Å². The van der Waals surface area contributed by atoms with E-state index in [1.165, 1.54) is 5.56 Å². The van der Waals surface area contributed by atoms with E-state index in [2.05, 4.69) is 48.3 Å². The standard InChI is InChI=1S/C21H35N3O2/c1-5-21(6-2,15-22)20(25)23-11-18-7-9-19(10-8-18)14-24-12-16(3)26-17(4)13-24/h7-10,16-17H,5-6,11-15,22H2,1-4H3,(H,23,25). The maximum Gasteiger partial charge on any atom is 0.227 e. The number of ether oxygens (including phenoxy) is 1. The maximum absolute atomic E-state index is 12.5. The van der Waals surface area contributed by atoms with E-state index in [1.54, 1.807) is 0 Å². The van der Waals surface area contributed by atoms with Crippen molar-refractivity contribution < 1.29 is 9.53 Å². The normalized spacial score (nSPS) is 21.6. The maximum atomic E-state index is 12.5. The first-order valence-electron chi connectivity index (χ1n) is 9.86. The molecule has 26 heavy (non-hydrogen) atoms. The van der Waals surface area contributed by atoms with Gasteiger partial charge in [0.15, 0.2) is 0 Å². The first-order valence-corrected chi connectivity index (χ1v) is 9.86. The Kier molecular flexibility index (Phi) is 7.62. The number of nitrogens with two attached hydrogens (primary N) is 1. The minimum Gasteiger partial charge on any atom is -0.373 e. The molecule has 3 N–H and O–H groups in total. The number of morpholine rings is 1. The molecule has 0 saturated carbocycles. The molecule has 1 aromatic carbocycles. The highest BCUT2D eigenvalue weighted by Gasteiger charge is 2.32. The summed E-state index contributed by atoms with van der Waals surface area (Å²) in [5.41, 5.74) is 7.82. The molecule has 1 saturated heterocycles. The van der Waals surface area contributed by atoms with Crippen molar-refractivity contribution in [1.29, 1.82) is 0 Å². The summed E-state index contributed by atoms with van der Waals surface area (Å²) < 4.78 is 5.79. The number of carbonyl (C=O) groups is 1. The predicted molar refractivity (Wildman–Crippen MR) is 106 cm³/mol. The minimum atomic E-state index is -0.441. The summed E-state index contributed by atoms with van der Waals surface area (Å²) in [5, 5.41) is 3.06. The Hall–Kier alpha value is -1.43.